The number of hydrogen-bond donors (Lipinski definition) is 1. The van der Waals surface area contributed by atoms with Crippen LogP contribution in [0.3, 0.4) is 0 Å². The van der Waals surface area contributed by atoms with Crippen LogP contribution in [0.1, 0.15) is 32.1 Å². The Kier molecular flexibility index (Phi) is 2.43. The molecule has 1 aromatic carbocycles. The summed E-state index contributed by atoms with van der Waals surface area (Å²) in [6.07, 6.45) is 4.83. The minimum absolute atomic E-state index is 0.494. The van der Waals surface area contributed by atoms with Crippen LogP contribution in [-0.2, 0) is 9.84 Å². The summed E-state index contributed by atoms with van der Waals surface area (Å²) in [5.41, 5.74) is 0.767. The quantitative estimate of drug-likeness (QED) is 0.771. The van der Waals surface area contributed by atoms with Crippen LogP contribution in [0.4, 0.5) is 5.69 Å². The number of sulfone groups is 1. The number of rotatable bonds is 0. The lowest BCUT2D eigenvalue weighted by Gasteiger charge is -2.40. The molecular formula is C13H17NO2S. The van der Waals surface area contributed by atoms with E-state index in [-0.39, 0.29) is 0 Å². The van der Waals surface area contributed by atoms with Crippen molar-refractivity contribution >= 4 is 15.5 Å². The fraction of sp³-hybridized carbons (Fsp3) is 0.538. The van der Waals surface area contributed by atoms with Crippen LogP contribution in [0.15, 0.2) is 29.2 Å². The van der Waals surface area contributed by atoms with E-state index in [1.807, 2.05) is 12.1 Å². The predicted molar refractivity (Wildman–Crippen MR) is 67.9 cm³/mol. The maximum absolute atomic E-state index is 12.7. The Hall–Kier alpha value is -1.03. The smallest absolute Gasteiger partial charge is 0.187 e. The molecule has 1 aromatic rings. The van der Waals surface area contributed by atoms with Gasteiger partial charge in [0.1, 0.15) is 0 Å². The van der Waals surface area contributed by atoms with E-state index in [4.69, 9.17) is 0 Å². The van der Waals surface area contributed by atoms with Gasteiger partial charge in [-0.1, -0.05) is 31.4 Å². The molecule has 3 rings (SSSR count). The van der Waals surface area contributed by atoms with Crippen molar-refractivity contribution in [2.24, 2.45) is 0 Å². The highest BCUT2D eigenvalue weighted by Crippen LogP contribution is 2.43. The lowest BCUT2D eigenvalue weighted by atomic mass is 9.88. The topological polar surface area (TPSA) is 46.2 Å². The molecule has 1 heterocycles. The summed E-state index contributed by atoms with van der Waals surface area (Å²) < 4.78 is 24.9. The van der Waals surface area contributed by atoms with Crippen molar-refractivity contribution in [1.29, 1.82) is 0 Å². The summed E-state index contributed by atoms with van der Waals surface area (Å²) in [6.45, 7) is 0.576. The van der Waals surface area contributed by atoms with Crippen LogP contribution in [0.5, 0.6) is 0 Å². The molecule has 17 heavy (non-hydrogen) atoms. The molecule has 2 aliphatic rings. The summed E-state index contributed by atoms with van der Waals surface area (Å²) in [4.78, 5) is 0.494. The molecule has 0 amide bonds. The number of para-hydroxylation sites is 1. The normalized spacial score (nSPS) is 24.9. The Labute approximate surface area is 102 Å². The third-order valence-electron chi connectivity index (χ3n) is 4.11. The van der Waals surface area contributed by atoms with Gasteiger partial charge in [-0.05, 0) is 25.0 Å². The van der Waals surface area contributed by atoms with E-state index in [1.54, 1.807) is 12.1 Å². The second kappa shape index (κ2) is 3.73. The first-order valence-electron chi connectivity index (χ1n) is 6.23. The molecule has 4 heteroatoms. The van der Waals surface area contributed by atoms with Crippen LogP contribution in [0, 0.1) is 0 Å². The second-order valence-electron chi connectivity index (χ2n) is 5.10. The van der Waals surface area contributed by atoms with Gasteiger partial charge in [-0.2, -0.15) is 0 Å². The molecule has 1 aliphatic heterocycles. The van der Waals surface area contributed by atoms with Crippen molar-refractivity contribution in [3.63, 3.8) is 0 Å². The fourth-order valence-corrected chi connectivity index (χ4v) is 5.32. The minimum Gasteiger partial charge on any atom is -0.382 e. The van der Waals surface area contributed by atoms with Gasteiger partial charge >= 0.3 is 0 Å². The zero-order chi connectivity index (χ0) is 11.9. The highest BCUT2D eigenvalue weighted by Gasteiger charge is 2.48. The molecule has 0 bridgehead atoms. The van der Waals surface area contributed by atoms with Gasteiger partial charge in [0.25, 0.3) is 0 Å². The van der Waals surface area contributed by atoms with Crippen molar-refractivity contribution in [3.8, 4) is 0 Å². The average Bonchev–Trinajstić information content (AvgIpc) is 2.36. The highest BCUT2D eigenvalue weighted by atomic mass is 32.2. The molecule has 0 saturated heterocycles. The van der Waals surface area contributed by atoms with Gasteiger partial charge in [0, 0.05) is 6.54 Å². The predicted octanol–water partition coefficient (Wildman–Crippen LogP) is 2.59. The number of hydrogen-bond acceptors (Lipinski definition) is 3. The summed E-state index contributed by atoms with van der Waals surface area (Å²) in [7, 11) is -3.17. The van der Waals surface area contributed by atoms with Crippen molar-refractivity contribution in [2.45, 2.75) is 41.7 Å². The summed E-state index contributed by atoms with van der Waals surface area (Å²) in [5, 5.41) is 3.30. The van der Waals surface area contributed by atoms with E-state index >= 15 is 0 Å². The van der Waals surface area contributed by atoms with Gasteiger partial charge in [-0.25, -0.2) is 8.42 Å². The average molecular weight is 251 g/mol. The molecule has 0 atom stereocenters. The maximum atomic E-state index is 12.7. The first-order chi connectivity index (χ1) is 8.16. The summed E-state index contributed by atoms with van der Waals surface area (Å²) in [5.74, 6) is 0. The van der Waals surface area contributed by atoms with Gasteiger partial charge in [0.2, 0.25) is 0 Å². The SMILES string of the molecule is O=S1(=O)c2ccccc2NCC12CCCCC2. The standard InChI is InChI=1S/C13H17NO2S/c15-17(16)12-7-3-2-6-11(12)14-10-13(17)8-4-1-5-9-13/h2-3,6-7,14H,1,4-5,8-10H2. The zero-order valence-corrected chi connectivity index (χ0v) is 10.6. The van der Waals surface area contributed by atoms with Gasteiger partial charge < -0.3 is 5.32 Å². The lowest BCUT2D eigenvalue weighted by molar-refractivity contribution is 0.381. The maximum Gasteiger partial charge on any atom is 0.187 e. The third-order valence-corrected chi connectivity index (χ3v) is 6.74. The molecule has 3 nitrogen and oxygen atoms in total. The Balaban J connectivity index is 2.13. The molecular weight excluding hydrogens is 234 g/mol. The molecule has 0 radical (unpaired) electrons. The molecule has 1 N–H and O–H groups in total. The number of nitrogens with one attached hydrogen (secondary N) is 1. The first kappa shape index (κ1) is 11.1. The second-order valence-corrected chi connectivity index (χ2v) is 7.41. The Morgan fingerprint density at radius 2 is 1.76 bits per heavy atom. The molecule has 1 fully saturated rings. The van der Waals surface area contributed by atoms with Crippen molar-refractivity contribution in [3.05, 3.63) is 24.3 Å². The van der Waals surface area contributed by atoms with E-state index < -0.39 is 14.6 Å². The van der Waals surface area contributed by atoms with E-state index in [0.717, 1.165) is 31.4 Å². The molecule has 1 spiro atoms. The number of benzene rings is 1. The van der Waals surface area contributed by atoms with Crippen LogP contribution in [-0.4, -0.2) is 19.7 Å². The lowest BCUT2D eigenvalue weighted by Crippen LogP contribution is -2.49. The molecule has 0 aromatic heterocycles. The number of anilines is 1. The zero-order valence-electron chi connectivity index (χ0n) is 9.78. The van der Waals surface area contributed by atoms with Crippen LogP contribution in [0.25, 0.3) is 0 Å². The largest absolute Gasteiger partial charge is 0.382 e. The van der Waals surface area contributed by atoms with E-state index in [1.165, 1.54) is 6.42 Å². The van der Waals surface area contributed by atoms with Crippen LogP contribution >= 0.6 is 0 Å². The molecule has 1 aliphatic carbocycles. The molecule has 0 unspecified atom stereocenters. The van der Waals surface area contributed by atoms with Gasteiger partial charge in [-0.15, -0.1) is 0 Å². The van der Waals surface area contributed by atoms with Crippen LogP contribution < -0.4 is 5.32 Å². The van der Waals surface area contributed by atoms with Crippen LogP contribution in [0.2, 0.25) is 0 Å². The third kappa shape index (κ3) is 1.50. The number of fused-ring (bicyclic) bond motifs is 1. The Morgan fingerprint density at radius 1 is 1.06 bits per heavy atom. The molecule has 92 valence electrons. The Bertz CT molecular complexity index is 530. The van der Waals surface area contributed by atoms with Gasteiger partial charge in [0.15, 0.2) is 9.84 Å². The first-order valence-corrected chi connectivity index (χ1v) is 7.72. The minimum atomic E-state index is -3.17. The summed E-state index contributed by atoms with van der Waals surface area (Å²) in [6, 6.07) is 7.26. The Morgan fingerprint density at radius 3 is 2.53 bits per heavy atom. The van der Waals surface area contributed by atoms with Crippen molar-refractivity contribution in [2.75, 3.05) is 11.9 Å². The molecule has 1 saturated carbocycles. The highest BCUT2D eigenvalue weighted by molar-refractivity contribution is 7.93. The van der Waals surface area contributed by atoms with Crippen molar-refractivity contribution < 1.29 is 8.42 Å². The van der Waals surface area contributed by atoms with E-state index in [2.05, 4.69) is 5.32 Å². The van der Waals surface area contributed by atoms with Gasteiger partial charge in [-0.3, -0.25) is 0 Å². The van der Waals surface area contributed by atoms with E-state index in [9.17, 15) is 8.42 Å². The summed E-state index contributed by atoms with van der Waals surface area (Å²) >= 11 is 0. The monoisotopic (exact) mass is 251 g/mol. The van der Waals surface area contributed by atoms with Crippen molar-refractivity contribution in [1.82, 2.24) is 0 Å². The van der Waals surface area contributed by atoms with Gasteiger partial charge in [0.05, 0.1) is 15.3 Å². The van der Waals surface area contributed by atoms with E-state index in [0.29, 0.717) is 11.4 Å². The fourth-order valence-electron chi connectivity index (χ4n) is 3.07.